The average molecular weight is 452 g/mol. The standard InChI is InChI=1S/C29H29N3O2/c1-31-26-19-6-2-8-23-24(19)16(9-10-30-23)14-21(26)28-22(29(31)33)15-18-13-17-5-3-11-32-12-4-7-20(25(17)32)27(18)34-28/h13-15,30H,2-12H2,1H3. The SMILES string of the molecule is Cn1c(=O)c2c(c3cc4c5c(c31)CCCC=5NCC4)Oc1c(cc3c4c1CCCN4CCC3)C=2. The molecule has 1 aromatic heterocycles. The van der Waals surface area contributed by atoms with E-state index in [-0.39, 0.29) is 5.56 Å². The lowest BCUT2D eigenvalue weighted by molar-refractivity contribution is 0.464. The molecule has 172 valence electrons. The van der Waals surface area contributed by atoms with Crippen molar-refractivity contribution in [1.82, 2.24) is 9.88 Å². The van der Waals surface area contributed by atoms with Crippen LogP contribution in [0, 0.1) is 0 Å². The molecule has 0 unspecified atom stereocenters. The zero-order valence-electron chi connectivity index (χ0n) is 19.7. The number of aryl methyl sites for hydroxylation is 3. The summed E-state index contributed by atoms with van der Waals surface area (Å²) in [5, 5.41) is 6.82. The van der Waals surface area contributed by atoms with Crippen LogP contribution in [-0.2, 0) is 32.7 Å². The third-order valence-electron chi connectivity index (χ3n) is 8.74. The molecule has 0 radical (unpaired) electrons. The van der Waals surface area contributed by atoms with Gasteiger partial charge in [0, 0.05) is 59.8 Å². The van der Waals surface area contributed by atoms with E-state index in [0.717, 1.165) is 86.1 Å². The van der Waals surface area contributed by atoms with Crippen molar-refractivity contribution in [2.45, 2.75) is 51.4 Å². The van der Waals surface area contributed by atoms with Crippen molar-refractivity contribution in [3.63, 3.8) is 0 Å². The average Bonchev–Trinajstić information content (AvgIpc) is 2.87. The first-order valence-electron chi connectivity index (χ1n) is 13.0. The van der Waals surface area contributed by atoms with Crippen molar-refractivity contribution in [2.75, 3.05) is 24.5 Å². The Bertz CT molecular complexity index is 1620. The molecule has 1 aliphatic carbocycles. The summed E-state index contributed by atoms with van der Waals surface area (Å²) in [5.74, 6) is 1.77. The fourth-order valence-corrected chi connectivity index (χ4v) is 7.36. The van der Waals surface area contributed by atoms with E-state index in [1.165, 1.54) is 51.7 Å². The zero-order valence-corrected chi connectivity index (χ0v) is 19.7. The molecule has 5 heterocycles. The van der Waals surface area contributed by atoms with Gasteiger partial charge in [-0.3, -0.25) is 4.79 Å². The maximum absolute atomic E-state index is 13.7. The van der Waals surface area contributed by atoms with E-state index in [0.29, 0.717) is 5.22 Å². The number of pyridine rings is 1. The van der Waals surface area contributed by atoms with Crippen LogP contribution in [0.5, 0.6) is 11.5 Å². The summed E-state index contributed by atoms with van der Waals surface area (Å²) in [7, 11) is 1.94. The molecule has 0 saturated heterocycles. The second-order valence-electron chi connectivity index (χ2n) is 10.6. The van der Waals surface area contributed by atoms with Crippen molar-refractivity contribution in [3.05, 3.63) is 60.7 Å². The van der Waals surface area contributed by atoms with Crippen LogP contribution >= 0.6 is 0 Å². The highest BCUT2D eigenvalue weighted by Gasteiger charge is 2.31. The lowest BCUT2D eigenvalue weighted by Gasteiger charge is -2.38. The summed E-state index contributed by atoms with van der Waals surface area (Å²) in [6.07, 6.45) is 10.9. The van der Waals surface area contributed by atoms with Gasteiger partial charge >= 0.3 is 0 Å². The summed E-state index contributed by atoms with van der Waals surface area (Å²) in [5.41, 5.74) is 10.5. The number of benzene rings is 2. The minimum Gasteiger partial charge on any atom is -0.455 e. The number of nitrogens with zero attached hydrogens (tertiary/aromatic N) is 2. The minimum atomic E-state index is 0.0493. The van der Waals surface area contributed by atoms with Crippen LogP contribution < -0.4 is 31.0 Å². The van der Waals surface area contributed by atoms with Gasteiger partial charge in [-0.15, -0.1) is 0 Å². The molecule has 5 heteroatoms. The van der Waals surface area contributed by atoms with Gasteiger partial charge < -0.3 is 19.5 Å². The quantitative estimate of drug-likeness (QED) is 0.447. The van der Waals surface area contributed by atoms with Crippen molar-refractivity contribution in [1.29, 1.82) is 0 Å². The first kappa shape index (κ1) is 19.1. The molecule has 5 nitrogen and oxygen atoms in total. The highest BCUT2D eigenvalue weighted by Crippen LogP contribution is 2.45. The third kappa shape index (κ3) is 2.37. The Balaban J connectivity index is 1.48. The van der Waals surface area contributed by atoms with Crippen LogP contribution in [0.3, 0.4) is 0 Å². The van der Waals surface area contributed by atoms with E-state index in [9.17, 15) is 4.79 Å². The lowest BCUT2D eigenvalue weighted by Crippen LogP contribution is -2.40. The maximum atomic E-state index is 13.7. The number of nitrogens with one attached hydrogen (secondary N) is 1. The number of aromatic nitrogens is 1. The molecule has 5 aliphatic rings. The van der Waals surface area contributed by atoms with E-state index < -0.39 is 0 Å². The fraction of sp³-hybridized carbons (Fsp3) is 0.414. The predicted octanol–water partition coefficient (Wildman–Crippen LogP) is 2.76. The molecule has 0 amide bonds. The van der Waals surface area contributed by atoms with Gasteiger partial charge in [-0.2, -0.15) is 0 Å². The largest absolute Gasteiger partial charge is 0.455 e. The van der Waals surface area contributed by atoms with Crippen LogP contribution in [0.25, 0.3) is 22.7 Å². The van der Waals surface area contributed by atoms with Gasteiger partial charge in [0.05, 0.1) is 10.7 Å². The van der Waals surface area contributed by atoms with Crippen LogP contribution in [0.1, 0.15) is 53.5 Å². The molecule has 8 rings (SSSR count). The molecule has 0 atom stereocenters. The smallest absolute Gasteiger partial charge is 0.261 e. The first-order valence-corrected chi connectivity index (χ1v) is 13.0. The molecule has 1 N–H and O–H groups in total. The van der Waals surface area contributed by atoms with Gasteiger partial charge in [0.2, 0.25) is 0 Å². The summed E-state index contributed by atoms with van der Waals surface area (Å²) < 4.78 is 8.72. The Hall–Kier alpha value is -3.21. The number of rotatable bonds is 0. The number of ether oxygens (including phenoxy) is 1. The van der Waals surface area contributed by atoms with Gasteiger partial charge in [0.1, 0.15) is 11.5 Å². The van der Waals surface area contributed by atoms with Gasteiger partial charge in [0.15, 0.2) is 0 Å². The number of fused-ring (bicyclic) bond motifs is 6. The Morgan fingerprint density at radius 2 is 1.76 bits per heavy atom. The van der Waals surface area contributed by atoms with Crippen LogP contribution in [-0.4, -0.2) is 24.2 Å². The van der Waals surface area contributed by atoms with Crippen molar-refractivity contribution in [2.24, 2.45) is 7.05 Å². The highest BCUT2D eigenvalue weighted by molar-refractivity contribution is 5.92. The Morgan fingerprint density at radius 3 is 2.68 bits per heavy atom. The Morgan fingerprint density at radius 1 is 0.912 bits per heavy atom. The predicted molar refractivity (Wildman–Crippen MR) is 135 cm³/mol. The minimum absolute atomic E-state index is 0.0493. The number of anilines is 1. The second-order valence-corrected chi connectivity index (χ2v) is 10.6. The highest BCUT2D eigenvalue weighted by atomic mass is 16.5. The van der Waals surface area contributed by atoms with E-state index in [1.54, 1.807) is 0 Å². The fourth-order valence-electron chi connectivity index (χ4n) is 7.36. The molecule has 0 bridgehead atoms. The zero-order chi connectivity index (χ0) is 22.6. The molecule has 2 aromatic carbocycles. The van der Waals surface area contributed by atoms with E-state index >= 15 is 0 Å². The summed E-state index contributed by atoms with van der Waals surface area (Å²) in [6, 6.07) is 4.62. The van der Waals surface area contributed by atoms with Gasteiger partial charge in [-0.25, -0.2) is 0 Å². The normalized spacial score (nSPS) is 19.3. The Labute approximate surface area is 198 Å². The summed E-state index contributed by atoms with van der Waals surface area (Å²) >= 11 is 0. The number of hydrogen-bond acceptors (Lipinski definition) is 4. The first-order chi connectivity index (χ1) is 16.7. The monoisotopic (exact) mass is 451 g/mol. The van der Waals surface area contributed by atoms with Gasteiger partial charge in [-0.1, -0.05) is 0 Å². The molecule has 34 heavy (non-hydrogen) atoms. The van der Waals surface area contributed by atoms with E-state index in [2.05, 4.69) is 28.4 Å². The van der Waals surface area contributed by atoms with E-state index in [4.69, 9.17) is 4.74 Å². The molecule has 3 aromatic rings. The van der Waals surface area contributed by atoms with Crippen molar-refractivity contribution < 1.29 is 4.74 Å². The van der Waals surface area contributed by atoms with Crippen molar-refractivity contribution >= 4 is 28.4 Å². The summed E-state index contributed by atoms with van der Waals surface area (Å²) in [4.78, 5) is 16.3. The topological polar surface area (TPSA) is 46.5 Å². The lowest BCUT2D eigenvalue weighted by atomic mass is 9.86. The van der Waals surface area contributed by atoms with Crippen LogP contribution in [0.15, 0.2) is 16.9 Å². The second kappa shape index (κ2) is 6.68. The van der Waals surface area contributed by atoms with Crippen LogP contribution in [0.4, 0.5) is 5.69 Å². The maximum Gasteiger partial charge on any atom is 0.261 e. The molecular formula is C29H29N3O2. The molecular weight excluding hydrogens is 422 g/mol. The summed E-state index contributed by atoms with van der Waals surface area (Å²) in [6.45, 7) is 3.28. The van der Waals surface area contributed by atoms with Gasteiger partial charge in [-0.05, 0) is 86.3 Å². The molecule has 0 spiro atoms. The molecule has 0 saturated carbocycles. The van der Waals surface area contributed by atoms with Gasteiger partial charge in [0.25, 0.3) is 5.56 Å². The Kier molecular flexibility index (Phi) is 3.76. The third-order valence-corrected chi connectivity index (χ3v) is 8.74. The van der Waals surface area contributed by atoms with Crippen LogP contribution in [0.2, 0.25) is 0 Å². The van der Waals surface area contributed by atoms with E-state index in [1.807, 2.05) is 11.6 Å². The number of hydrogen-bond donors (Lipinski definition) is 1. The van der Waals surface area contributed by atoms with Crippen molar-refractivity contribution in [3.8, 4) is 11.5 Å². The molecule has 4 aliphatic heterocycles. The molecule has 0 fully saturated rings.